The summed E-state index contributed by atoms with van der Waals surface area (Å²) >= 11 is 1.51. The average Bonchev–Trinajstić information content (AvgIpc) is 3.33. The molecule has 0 saturated carbocycles. The molecule has 1 aromatic heterocycles. The number of carbonyl (C=O) groups excluding carboxylic acids is 1. The summed E-state index contributed by atoms with van der Waals surface area (Å²) in [6, 6.07) is 12.5. The number of sulfonamides is 1. The molecule has 0 radical (unpaired) electrons. The first kappa shape index (κ1) is 30.2. The highest BCUT2D eigenvalue weighted by atomic mass is 32.2. The molecule has 0 saturated heterocycles. The van der Waals surface area contributed by atoms with Crippen molar-refractivity contribution in [2.24, 2.45) is 0 Å². The highest BCUT2D eigenvalue weighted by Crippen LogP contribution is 2.30. The van der Waals surface area contributed by atoms with Crippen molar-refractivity contribution < 1.29 is 13.2 Å². The van der Waals surface area contributed by atoms with Gasteiger partial charge in [-0.2, -0.15) is 4.31 Å². The quantitative estimate of drug-likeness (QED) is 0.223. The first-order valence-corrected chi connectivity index (χ1v) is 16.0. The predicted octanol–water partition coefficient (Wildman–Crippen LogP) is 6.18. The third-order valence-corrected chi connectivity index (χ3v) is 9.76. The van der Waals surface area contributed by atoms with E-state index in [2.05, 4.69) is 38.7 Å². The number of aryl methyl sites for hydroxylation is 1. The fraction of sp³-hybridized carbons (Fsp3) is 0.517. The zero-order chi connectivity index (χ0) is 27.7. The van der Waals surface area contributed by atoms with Crippen LogP contribution < -0.4 is 4.90 Å². The van der Waals surface area contributed by atoms with E-state index >= 15 is 0 Å². The van der Waals surface area contributed by atoms with Crippen molar-refractivity contribution in [3.8, 4) is 0 Å². The van der Waals surface area contributed by atoms with Crippen LogP contribution in [0.5, 0.6) is 0 Å². The van der Waals surface area contributed by atoms with Crippen LogP contribution in [0.25, 0.3) is 10.2 Å². The molecule has 0 fully saturated rings. The second-order valence-electron chi connectivity index (χ2n) is 9.59. The number of aromatic nitrogens is 1. The van der Waals surface area contributed by atoms with Crippen LogP contribution in [-0.2, 0) is 10.0 Å². The Balaban J connectivity index is 1.90. The van der Waals surface area contributed by atoms with Gasteiger partial charge in [-0.25, -0.2) is 13.4 Å². The molecule has 1 amide bonds. The Morgan fingerprint density at radius 1 is 0.868 bits per heavy atom. The number of likely N-dealkylation sites (N-methyl/N-ethyl adjacent to an activating group) is 1. The number of anilines is 1. The van der Waals surface area contributed by atoms with Crippen molar-refractivity contribution in [1.29, 1.82) is 0 Å². The van der Waals surface area contributed by atoms with Gasteiger partial charge in [-0.15, -0.1) is 0 Å². The van der Waals surface area contributed by atoms with E-state index in [0.29, 0.717) is 30.3 Å². The van der Waals surface area contributed by atoms with Crippen LogP contribution in [-0.4, -0.2) is 67.8 Å². The van der Waals surface area contributed by atoms with Gasteiger partial charge in [-0.1, -0.05) is 57.9 Å². The van der Waals surface area contributed by atoms with E-state index in [9.17, 15) is 13.2 Å². The molecule has 3 aromatic rings. The molecule has 0 bridgehead atoms. The lowest BCUT2D eigenvalue weighted by atomic mass is 10.2. The van der Waals surface area contributed by atoms with Gasteiger partial charge in [0.15, 0.2) is 5.13 Å². The summed E-state index contributed by atoms with van der Waals surface area (Å²) in [4.78, 5) is 22.8. The number of hydrogen-bond donors (Lipinski definition) is 0. The molecule has 0 atom stereocenters. The summed E-state index contributed by atoms with van der Waals surface area (Å²) in [5, 5.41) is 0.657. The molecule has 0 unspecified atom stereocenters. The predicted molar refractivity (Wildman–Crippen MR) is 159 cm³/mol. The first-order chi connectivity index (χ1) is 18.2. The van der Waals surface area contributed by atoms with Crippen LogP contribution in [0.3, 0.4) is 0 Å². The third-order valence-electron chi connectivity index (χ3n) is 6.80. The molecule has 0 aliphatic rings. The maximum absolute atomic E-state index is 13.8. The van der Waals surface area contributed by atoms with Crippen molar-refractivity contribution in [3.05, 3.63) is 53.6 Å². The number of unbranched alkanes of at least 4 members (excludes halogenated alkanes) is 2. The zero-order valence-electron chi connectivity index (χ0n) is 23.4. The fourth-order valence-electron chi connectivity index (χ4n) is 4.30. The van der Waals surface area contributed by atoms with E-state index in [1.54, 1.807) is 33.5 Å². The molecule has 3 rings (SSSR count). The van der Waals surface area contributed by atoms with Crippen molar-refractivity contribution in [1.82, 2.24) is 14.2 Å². The minimum absolute atomic E-state index is 0.175. The number of carbonyl (C=O) groups is 1. The number of fused-ring (bicyclic) bond motifs is 1. The standard InChI is InChI=1S/C29H42N4O3S2/c1-6-10-18-32(19-11-7-2)38(35,36)25-15-13-24(14-16-25)28(34)33(21-20-31(8-3)9-4)29-30-26-17-12-23(5)22-27(26)37-29/h12-17,22H,6-11,18-21H2,1-5H3. The second kappa shape index (κ2) is 14.2. The van der Waals surface area contributed by atoms with Crippen LogP contribution in [0.1, 0.15) is 69.3 Å². The van der Waals surface area contributed by atoms with Gasteiger partial charge in [0.05, 0.1) is 15.1 Å². The Labute approximate surface area is 232 Å². The van der Waals surface area contributed by atoms with Gasteiger partial charge >= 0.3 is 0 Å². The Kier molecular flexibility index (Phi) is 11.3. The van der Waals surface area contributed by atoms with Gasteiger partial charge in [-0.05, 0) is 74.8 Å². The van der Waals surface area contributed by atoms with E-state index in [-0.39, 0.29) is 10.8 Å². The third kappa shape index (κ3) is 7.40. The summed E-state index contributed by atoms with van der Waals surface area (Å²) < 4.78 is 29.4. The summed E-state index contributed by atoms with van der Waals surface area (Å²) in [7, 11) is -3.62. The van der Waals surface area contributed by atoms with E-state index in [4.69, 9.17) is 4.98 Å². The molecule has 208 valence electrons. The Bertz CT molecular complexity index is 1280. The smallest absolute Gasteiger partial charge is 0.260 e. The molecule has 0 aliphatic carbocycles. The Morgan fingerprint density at radius 3 is 2.08 bits per heavy atom. The number of thiazole rings is 1. The highest BCUT2D eigenvalue weighted by Gasteiger charge is 2.26. The number of amides is 1. The molecule has 1 heterocycles. The Morgan fingerprint density at radius 2 is 1.50 bits per heavy atom. The first-order valence-electron chi connectivity index (χ1n) is 13.8. The van der Waals surface area contributed by atoms with Gasteiger partial charge in [0, 0.05) is 31.7 Å². The number of rotatable bonds is 15. The van der Waals surface area contributed by atoms with Crippen molar-refractivity contribution in [3.63, 3.8) is 0 Å². The molecule has 2 aromatic carbocycles. The molecule has 9 heteroatoms. The van der Waals surface area contributed by atoms with Gasteiger partial charge in [0.2, 0.25) is 10.0 Å². The van der Waals surface area contributed by atoms with E-state index in [1.165, 1.54) is 11.3 Å². The lowest BCUT2D eigenvalue weighted by molar-refractivity contribution is 0.0983. The molecule has 0 spiro atoms. The molecule has 7 nitrogen and oxygen atoms in total. The topological polar surface area (TPSA) is 73.8 Å². The van der Waals surface area contributed by atoms with Crippen LogP contribution >= 0.6 is 11.3 Å². The second-order valence-corrected chi connectivity index (χ2v) is 12.5. The maximum Gasteiger partial charge on any atom is 0.260 e. The van der Waals surface area contributed by atoms with Crippen molar-refractivity contribution in [2.45, 2.75) is 65.2 Å². The summed E-state index contributed by atoms with van der Waals surface area (Å²) in [5.41, 5.74) is 2.47. The molecule has 0 N–H and O–H groups in total. The largest absolute Gasteiger partial charge is 0.302 e. The van der Waals surface area contributed by atoms with Crippen LogP contribution in [0, 0.1) is 6.92 Å². The Hall–Kier alpha value is -2.33. The lowest BCUT2D eigenvalue weighted by Gasteiger charge is -2.25. The van der Waals surface area contributed by atoms with Crippen LogP contribution in [0.4, 0.5) is 5.13 Å². The van der Waals surface area contributed by atoms with E-state index in [1.807, 2.05) is 19.1 Å². The number of hydrogen-bond acceptors (Lipinski definition) is 6. The monoisotopic (exact) mass is 558 g/mol. The van der Waals surface area contributed by atoms with Crippen molar-refractivity contribution >= 4 is 42.6 Å². The molecule has 0 aliphatic heterocycles. The summed E-state index contributed by atoms with van der Waals surface area (Å²) in [5.74, 6) is -0.175. The molecular formula is C29H42N4O3S2. The van der Waals surface area contributed by atoms with Crippen LogP contribution in [0.2, 0.25) is 0 Å². The summed E-state index contributed by atoms with van der Waals surface area (Å²) in [6.45, 7) is 14.4. The van der Waals surface area contributed by atoms with Crippen molar-refractivity contribution in [2.75, 3.05) is 44.2 Å². The van der Waals surface area contributed by atoms with Gasteiger partial charge in [0.25, 0.3) is 5.91 Å². The zero-order valence-corrected chi connectivity index (χ0v) is 25.1. The lowest BCUT2D eigenvalue weighted by Crippen LogP contribution is -2.39. The minimum atomic E-state index is -3.62. The molecular weight excluding hydrogens is 516 g/mol. The van der Waals surface area contributed by atoms with E-state index in [0.717, 1.165) is 61.1 Å². The highest BCUT2D eigenvalue weighted by molar-refractivity contribution is 7.89. The minimum Gasteiger partial charge on any atom is -0.302 e. The number of nitrogens with zero attached hydrogens (tertiary/aromatic N) is 4. The van der Waals surface area contributed by atoms with Crippen LogP contribution in [0.15, 0.2) is 47.4 Å². The fourth-order valence-corrected chi connectivity index (χ4v) is 6.90. The normalized spacial score (nSPS) is 12.1. The van der Waals surface area contributed by atoms with Gasteiger partial charge in [0.1, 0.15) is 0 Å². The number of benzene rings is 2. The summed E-state index contributed by atoms with van der Waals surface area (Å²) in [6.07, 6.45) is 3.51. The SMILES string of the molecule is CCCCN(CCCC)S(=O)(=O)c1ccc(C(=O)N(CCN(CC)CC)c2nc3ccc(C)cc3s2)cc1. The maximum atomic E-state index is 13.8. The molecule has 38 heavy (non-hydrogen) atoms. The van der Waals surface area contributed by atoms with Gasteiger partial charge in [-0.3, -0.25) is 9.69 Å². The van der Waals surface area contributed by atoms with E-state index < -0.39 is 10.0 Å². The average molecular weight is 559 g/mol. The van der Waals surface area contributed by atoms with Gasteiger partial charge < -0.3 is 4.90 Å².